The monoisotopic (exact) mass is 376 g/mol. The van der Waals surface area contributed by atoms with Gasteiger partial charge in [0.15, 0.2) is 11.5 Å². The molecule has 0 aliphatic rings. The Morgan fingerprint density at radius 3 is 2.79 bits per heavy atom. The number of aromatic nitrogens is 5. The third-order valence-corrected chi connectivity index (χ3v) is 4.44. The number of fused-ring (bicyclic) bond motifs is 1. The van der Waals surface area contributed by atoms with Crippen LogP contribution in [0.3, 0.4) is 0 Å². The molecule has 28 heavy (non-hydrogen) atoms. The number of carbonyl (C=O) groups excluding carboxylic acids is 1. The first-order valence-corrected chi connectivity index (χ1v) is 9.05. The van der Waals surface area contributed by atoms with E-state index in [4.69, 9.17) is 4.52 Å². The van der Waals surface area contributed by atoms with Crippen molar-refractivity contribution < 1.29 is 9.32 Å². The summed E-state index contributed by atoms with van der Waals surface area (Å²) in [6.45, 7) is 2.88. The molecule has 0 bridgehead atoms. The largest absolute Gasteiger partial charge is 0.339 e. The van der Waals surface area contributed by atoms with Crippen LogP contribution < -0.4 is 0 Å². The second-order valence-corrected chi connectivity index (χ2v) is 6.54. The van der Waals surface area contributed by atoms with E-state index in [0.717, 1.165) is 11.2 Å². The molecular formula is C20H20N6O2. The number of imidazole rings is 1. The maximum absolute atomic E-state index is 12.7. The lowest BCUT2D eigenvalue weighted by Crippen LogP contribution is -2.26. The minimum Gasteiger partial charge on any atom is -0.339 e. The molecule has 0 saturated carbocycles. The number of rotatable bonds is 6. The van der Waals surface area contributed by atoms with E-state index in [-0.39, 0.29) is 12.5 Å². The molecule has 3 aromatic heterocycles. The first kappa shape index (κ1) is 17.8. The van der Waals surface area contributed by atoms with Crippen molar-refractivity contribution in [2.24, 2.45) is 0 Å². The van der Waals surface area contributed by atoms with Crippen LogP contribution in [0.2, 0.25) is 0 Å². The van der Waals surface area contributed by atoms with E-state index in [2.05, 4.69) is 32.2 Å². The summed E-state index contributed by atoms with van der Waals surface area (Å²) >= 11 is 0. The van der Waals surface area contributed by atoms with Crippen LogP contribution in [0.5, 0.6) is 0 Å². The maximum Gasteiger partial charge on any atom is 0.255 e. The molecule has 3 heterocycles. The molecule has 0 aliphatic carbocycles. The van der Waals surface area contributed by atoms with Crippen molar-refractivity contribution in [3.05, 3.63) is 71.8 Å². The number of pyridine rings is 1. The third-order valence-electron chi connectivity index (χ3n) is 4.44. The fourth-order valence-corrected chi connectivity index (χ4v) is 2.96. The highest BCUT2D eigenvalue weighted by molar-refractivity contribution is 5.96. The van der Waals surface area contributed by atoms with E-state index in [1.165, 1.54) is 4.90 Å². The Morgan fingerprint density at radius 1 is 1.21 bits per heavy atom. The summed E-state index contributed by atoms with van der Waals surface area (Å²) in [4.78, 5) is 27.4. The summed E-state index contributed by atoms with van der Waals surface area (Å²) < 4.78 is 7.05. The summed E-state index contributed by atoms with van der Waals surface area (Å²) in [5, 5.41) is 3.88. The highest BCUT2D eigenvalue weighted by Crippen LogP contribution is 2.15. The van der Waals surface area contributed by atoms with Gasteiger partial charge in [0.05, 0.1) is 25.0 Å². The van der Waals surface area contributed by atoms with Crippen molar-refractivity contribution in [2.45, 2.75) is 26.4 Å². The van der Waals surface area contributed by atoms with Crippen molar-refractivity contribution in [3.63, 3.8) is 0 Å². The SMILES string of the molecule is CCc1nc(CN(C)C(=O)c2cnc3c(c2)ncn3Cc2ccccc2)no1. The van der Waals surface area contributed by atoms with E-state index in [1.54, 1.807) is 25.6 Å². The second-order valence-electron chi connectivity index (χ2n) is 6.54. The zero-order chi connectivity index (χ0) is 19.5. The van der Waals surface area contributed by atoms with Gasteiger partial charge in [0.1, 0.15) is 5.52 Å². The van der Waals surface area contributed by atoms with Crippen molar-refractivity contribution in [2.75, 3.05) is 7.05 Å². The summed E-state index contributed by atoms with van der Waals surface area (Å²) in [5.74, 6) is 0.867. The summed E-state index contributed by atoms with van der Waals surface area (Å²) in [7, 11) is 1.70. The highest BCUT2D eigenvalue weighted by atomic mass is 16.5. The average Bonchev–Trinajstić information content (AvgIpc) is 3.34. The van der Waals surface area contributed by atoms with Crippen molar-refractivity contribution in [1.29, 1.82) is 0 Å². The summed E-state index contributed by atoms with van der Waals surface area (Å²) in [6.07, 6.45) is 3.99. The average molecular weight is 376 g/mol. The van der Waals surface area contributed by atoms with Crippen molar-refractivity contribution in [1.82, 2.24) is 29.6 Å². The number of benzene rings is 1. The van der Waals surface area contributed by atoms with Crippen LogP contribution >= 0.6 is 0 Å². The molecule has 0 atom stereocenters. The van der Waals surface area contributed by atoms with Crippen LogP contribution in [0.4, 0.5) is 0 Å². The van der Waals surface area contributed by atoms with E-state index < -0.39 is 0 Å². The standard InChI is InChI=1S/C20H20N6O2/c1-3-18-23-17(24-28-18)12-25(2)20(27)15-9-16-19(21-10-15)26(13-22-16)11-14-7-5-4-6-8-14/h4-10,13H,3,11-12H2,1-2H3. The number of hydrogen-bond acceptors (Lipinski definition) is 6. The maximum atomic E-state index is 12.7. The smallest absolute Gasteiger partial charge is 0.255 e. The molecule has 0 radical (unpaired) electrons. The van der Waals surface area contributed by atoms with Gasteiger partial charge in [-0.2, -0.15) is 4.98 Å². The minimum absolute atomic E-state index is 0.171. The molecule has 0 N–H and O–H groups in total. The number of aryl methyl sites for hydroxylation is 1. The van der Waals surface area contributed by atoms with Gasteiger partial charge in [-0.25, -0.2) is 9.97 Å². The molecule has 0 unspecified atom stereocenters. The molecule has 0 saturated heterocycles. The Kier molecular flexibility index (Phi) is 4.84. The van der Waals surface area contributed by atoms with Crippen LogP contribution in [-0.4, -0.2) is 42.5 Å². The van der Waals surface area contributed by atoms with Gasteiger partial charge in [-0.15, -0.1) is 0 Å². The minimum atomic E-state index is -0.171. The Hall–Kier alpha value is -3.55. The Labute approximate surface area is 161 Å². The van der Waals surface area contributed by atoms with Gasteiger partial charge in [0, 0.05) is 19.7 Å². The predicted octanol–water partition coefficient (Wildman–Crippen LogP) is 2.70. The van der Waals surface area contributed by atoms with Gasteiger partial charge < -0.3 is 14.0 Å². The number of amides is 1. The lowest BCUT2D eigenvalue weighted by atomic mass is 10.2. The van der Waals surface area contributed by atoms with Crippen LogP contribution in [0, 0.1) is 0 Å². The van der Waals surface area contributed by atoms with Crippen molar-refractivity contribution >= 4 is 17.1 Å². The molecule has 0 spiro atoms. The van der Waals surface area contributed by atoms with Crippen molar-refractivity contribution in [3.8, 4) is 0 Å². The lowest BCUT2D eigenvalue weighted by Gasteiger charge is -2.14. The first-order chi connectivity index (χ1) is 13.6. The third kappa shape index (κ3) is 3.62. The normalized spacial score (nSPS) is 11.1. The summed E-state index contributed by atoms with van der Waals surface area (Å²) in [5.41, 5.74) is 3.06. The molecule has 4 aromatic rings. The molecule has 4 rings (SSSR count). The number of carbonyl (C=O) groups is 1. The molecular weight excluding hydrogens is 356 g/mol. The first-order valence-electron chi connectivity index (χ1n) is 9.05. The number of nitrogens with zero attached hydrogens (tertiary/aromatic N) is 6. The second kappa shape index (κ2) is 7.59. The molecule has 8 heteroatoms. The zero-order valence-electron chi connectivity index (χ0n) is 15.7. The molecule has 1 aromatic carbocycles. The van der Waals surface area contributed by atoms with Gasteiger partial charge in [0.2, 0.25) is 5.89 Å². The van der Waals surface area contributed by atoms with Crippen LogP contribution in [0.25, 0.3) is 11.2 Å². The topological polar surface area (TPSA) is 89.9 Å². The zero-order valence-corrected chi connectivity index (χ0v) is 15.7. The molecule has 142 valence electrons. The lowest BCUT2D eigenvalue weighted by molar-refractivity contribution is 0.0780. The van der Waals surface area contributed by atoms with E-state index in [1.807, 2.05) is 29.7 Å². The molecule has 8 nitrogen and oxygen atoms in total. The van der Waals surface area contributed by atoms with Gasteiger partial charge >= 0.3 is 0 Å². The Bertz CT molecular complexity index is 1100. The van der Waals surface area contributed by atoms with Gasteiger partial charge in [-0.3, -0.25) is 4.79 Å². The van der Waals surface area contributed by atoms with E-state index >= 15 is 0 Å². The fraction of sp³-hybridized carbons (Fsp3) is 0.250. The van der Waals surface area contributed by atoms with Gasteiger partial charge in [-0.1, -0.05) is 42.4 Å². The summed E-state index contributed by atoms with van der Waals surface area (Å²) in [6, 6.07) is 11.9. The highest BCUT2D eigenvalue weighted by Gasteiger charge is 2.17. The van der Waals surface area contributed by atoms with Crippen LogP contribution in [0.1, 0.15) is 34.6 Å². The van der Waals surface area contributed by atoms with Crippen LogP contribution in [0.15, 0.2) is 53.4 Å². The molecule has 0 aliphatic heterocycles. The predicted molar refractivity (Wildman–Crippen MR) is 103 cm³/mol. The quantitative estimate of drug-likeness (QED) is 0.514. The van der Waals surface area contributed by atoms with Gasteiger partial charge in [0.25, 0.3) is 5.91 Å². The van der Waals surface area contributed by atoms with E-state index in [9.17, 15) is 4.79 Å². The molecule has 1 amide bonds. The van der Waals surface area contributed by atoms with Gasteiger partial charge in [-0.05, 0) is 11.6 Å². The Morgan fingerprint density at radius 2 is 2.04 bits per heavy atom. The van der Waals surface area contributed by atoms with E-state index in [0.29, 0.717) is 35.8 Å². The molecule has 0 fully saturated rings. The fourth-order valence-electron chi connectivity index (χ4n) is 2.96. The Balaban J connectivity index is 1.51. The number of hydrogen-bond donors (Lipinski definition) is 0. The van der Waals surface area contributed by atoms with Crippen LogP contribution in [-0.2, 0) is 19.5 Å².